The van der Waals surface area contributed by atoms with Crippen LogP contribution in [0.5, 0.6) is 0 Å². The van der Waals surface area contributed by atoms with Crippen LogP contribution in [-0.4, -0.2) is 81.9 Å². The number of hydrogen-bond donors (Lipinski definition) is 2. The Kier molecular flexibility index (Phi) is 7.03. The van der Waals surface area contributed by atoms with Crippen molar-refractivity contribution in [3.05, 3.63) is 34.4 Å². The van der Waals surface area contributed by atoms with Crippen LogP contribution in [0.15, 0.2) is 29.2 Å². The van der Waals surface area contributed by atoms with Crippen LogP contribution in [0, 0.1) is 10.1 Å². The Bertz CT molecular complexity index is 747. The zero-order chi connectivity index (χ0) is 19.2. The van der Waals surface area contributed by atoms with Gasteiger partial charge in [-0.1, -0.05) is 12.1 Å². The third-order valence-electron chi connectivity index (χ3n) is 4.05. The highest BCUT2D eigenvalue weighted by Gasteiger charge is 2.24. The van der Waals surface area contributed by atoms with E-state index in [2.05, 4.69) is 14.9 Å². The molecule has 0 aromatic heterocycles. The van der Waals surface area contributed by atoms with Crippen LogP contribution in [0.25, 0.3) is 0 Å². The minimum Gasteiger partial charge on any atom is -0.354 e. The van der Waals surface area contributed by atoms with Gasteiger partial charge in [0.15, 0.2) is 4.90 Å². The highest BCUT2D eigenvalue weighted by molar-refractivity contribution is 7.89. The molecule has 1 aliphatic rings. The first kappa shape index (κ1) is 20.2. The lowest BCUT2D eigenvalue weighted by Gasteiger charge is -2.31. The fourth-order valence-corrected chi connectivity index (χ4v) is 3.77. The number of benzene rings is 1. The van der Waals surface area contributed by atoms with Gasteiger partial charge in [0.2, 0.25) is 15.9 Å². The van der Waals surface area contributed by atoms with Crippen molar-refractivity contribution in [3.63, 3.8) is 0 Å². The van der Waals surface area contributed by atoms with E-state index in [4.69, 9.17) is 0 Å². The summed E-state index contributed by atoms with van der Waals surface area (Å²) >= 11 is 0. The van der Waals surface area contributed by atoms with E-state index in [9.17, 15) is 23.3 Å². The molecular formula is C15H23N5O5S. The lowest BCUT2D eigenvalue weighted by Crippen LogP contribution is -2.48. The summed E-state index contributed by atoms with van der Waals surface area (Å²) in [6, 6.07) is 5.12. The van der Waals surface area contributed by atoms with E-state index in [-0.39, 0.29) is 25.5 Å². The fraction of sp³-hybridized carbons (Fsp3) is 0.533. The third kappa shape index (κ3) is 5.73. The first-order valence-corrected chi connectivity index (χ1v) is 9.68. The second-order valence-corrected chi connectivity index (χ2v) is 7.79. The lowest BCUT2D eigenvalue weighted by molar-refractivity contribution is -0.387. The first-order valence-electron chi connectivity index (χ1n) is 8.20. The average molecular weight is 385 g/mol. The molecule has 0 aliphatic carbocycles. The smallest absolute Gasteiger partial charge is 0.289 e. The van der Waals surface area contributed by atoms with Crippen molar-refractivity contribution in [3.8, 4) is 0 Å². The number of nitro benzene ring substituents is 1. The van der Waals surface area contributed by atoms with Crippen molar-refractivity contribution in [1.29, 1.82) is 0 Å². The Morgan fingerprint density at radius 3 is 2.50 bits per heavy atom. The maximum absolute atomic E-state index is 12.2. The molecule has 1 saturated heterocycles. The summed E-state index contributed by atoms with van der Waals surface area (Å²) in [6.07, 6.45) is 0. The fourth-order valence-electron chi connectivity index (χ4n) is 2.57. The Morgan fingerprint density at radius 2 is 1.85 bits per heavy atom. The Hall–Kier alpha value is -2.08. The lowest BCUT2D eigenvalue weighted by atomic mass is 10.3. The number of carbonyl (C=O) groups is 1. The number of nitrogens with zero attached hydrogens (tertiary/aromatic N) is 3. The molecule has 1 aliphatic heterocycles. The number of nitrogens with one attached hydrogen (secondary N) is 2. The topological polar surface area (TPSA) is 125 Å². The number of rotatable bonds is 8. The van der Waals surface area contributed by atoms with Gasteiger partial charge in [0, 0.05) is 45.3 Å². The molecular weight excluding hydrogens is 362 g/mol. The Morgan fingerprint density at radius 1 is 1.19 bits per heavy atom. The molecule has 26 heavy (non-hydrogen) atoms. The highest BCUT2D eigenvalue weighted by Crippen LogP contribution is 2.22. The largest absolute Gasteiger partial charge is 0.354 e. The number of piperazine rings is 1. The molecule has 144 valence electrons. The number of likely N-dealkylation sites (N-methyl/N-ethyl adjacent to an activating group) is 1. The number of nitro groups is 1. The van der Waals surface area contributed by atoms with Crippen molar-refractivity contribution in [2.45, 2.75) is 4.90 Å². The van der Waals surface area contributed by atoms with E-state index < -0.39 is 25.5 Å². The van der Waals surface area contributed by atoms with Crippen LogP contribution in [0.1, 0.15) is 0 Å². The van der Waals surface area contributed by atoms with E-state index in [0.717, 1.165) is 32.2 Å². The van der Waals surface area contributed by atoms with Gasteiger partial charge < -0.3 is 10.2 Å². The van der Waals surface area contributed by atoms with Crippen LogP contribution in [0.4, 0.5) is 5.69 Å². The Labute approximate surface area is 152 Å². The number of amides is 1. The second kappa shape index (κ2) is 9.03. The summed E-state index contributed by atoms with van der Waals surface area (Å²) in [6.45, 7) is 3.76. The summed E-state index contributed by atoms with van der Waals surface area (Å²) in [5.41, 5.74) is -0.487. The standard InChI is InChI=1S/C15H23N5O5S/c1-18-8-10-19(11-9-18)12-15(21)16-6-7-17-26(24,25)14-5-3-2-4-13(14)20(22)23/h2-5,17H,6-12H2,1H3,(H,16,21). The zero-order valence-corrected chi connectivity index (χ0v) is 15.4. The van der Waals surface area contributed by atoms with E-state index >= 15 is 0 Å². The normalized spacial score (nSPS) is 16.3. The molecule has 2 N–H and O–H groups in total. The molecule has 2 rings (SSSR count). The van der Waals surface area contributed by atoms with Crippen LogP contribution < -0.4 is 10.0 Å². The zero-order valence-electron chi connectivity index (χ0n) is 14.6. The monoisotopic (exact) mass is 385 g/mol. The quantitative estimate of drug-likeness (QED) is 0.342. The molecule has 1 aromatic rings. The first-order chi connectivity index (χ1) is 12.3. The number of sulfonamides is 1. The second-order valence-electron chi connectivity index (χ2n) is 6.05. The van der Waals surface area contributed by atoms with Gasteiger partial charge in [-0.05, 0) is 13.1 Å². The molecule has 0 spiro atoms. The maximum atomic E-state index is 12.2. The molecule has 11 heteroatoms. The number of hydrogen-bond acceptors (Lipinski definition) is 7. The summed E-state index contributed by atoms with van der Waals surface area (Å²) in [4.78, 5) is 25.9. The SMILES string of the molecule is CN1CCN(CC(=O)NCCNS(=O)(=O)c2ccccc2[N+](=O)[O-])CC1. The number of carbonyl (C=O) groups excluding carboxylic acids is 1. The minimum atomic E-state index is -4.03. The maximum Gasteiger partial charge on any atom is 0.289 e. The van der Waals surface area contributed by atoms with Crippen molar-refractivity contribution in [2.75, 3.05) is 52.9 Å². The van der Waals surface area contributed by atoms with Crippen molar-refractivity contribution < 1.29 is 18.1 Å². The van der Waals surface area contributed by atoms with Crippen molar-refractivity contribution in [1.82, 2.24) is 19.8 Å². The van der Waals surface area contributed by atoms with Gasteiger partial charge in [0.05, 0.1) is 11.5 Å². The molecule has 0 unspecified atom stereocenters. The van der Waals surface area contributed by atoms with Gasteiger partial charge in [-0.2, -0.15) is 0 Å². The van der Waals surface area contributed by atoms with Crippen LogP contribution in [0.2, 0.25) is 0 Å². The van der Waals surface area contributed by atoms with Crippen LogP contribution in [-0.2, 0) is 14.8 Å². The molecule has 1 aromatic carbocycles. The van der Waals surface area contributed by atoms with E-state index in [1.54, 1.807) is 0 Å². The Balaban J connectivity index is 1.78. The van der Waals surface area contributed by atoms with E-state index in [0.29, 0.717) is 0 Å². The van der Waals surface area contributed by atoms with Crippen molar-refractivity contribution in [2.24, 2.45) is 0 Å². The van der Waals surface area contributed by atoms with Gasteiger partial charge in [0.25, 0.3) is 5.69 Å². The third-order valence-corrected chi connectivity index (χ3v) is 5.56. The van der Waals surface area contributed by atoms with Gasteiger partial charge >= 0.3 is 0 Å². The minimum absolute atomic E-state index is 0.0527. The van der Waals surface area contributed by atoms with Gasteiger partial charge in [0.1, 0.15) is 0 Å². The molecule has 1 amide bonds. The van der Waals surface area contributed by atoms with Gasteiger partial charge in [-0.25, -0.2) is 13.1 Å². The molecule has 0 saturated carbocycles. The van der Waals surface area contributed by atoms with Crippen LogP contribution >= 0.6 is 0 Å². The number of para-hydroxylation sites is 1. The molecule has 1 heterocycles. The highest BCUT2D eigenvalue weighted by atomic mass is 32.2. The predicted molar refractivity (Wildman–Crippen MR) is 95.2 cm³/mol. The van der Waals surface area contributed by atoms with E-state index in [1.165, 1.54) is 18.2 Å². The van der Waals surface area contributed by atoms with Crippen molar-refractivity contribution >= 4 is 21.6 Å². The molecule has 10 nitrogen and oxygen atoms in total. The summed E-state index contributed by atoms with van der Waals surface area (Å²) in [7, 11) is -2.00. The predicted octanol–water partition coefficient (Wildman–Crippen LogP) is -0.763. The average Bonchev–Trinajstić information content (AvgIpc) is 2.61. The van der Waals surface area contributed by atoms with Gasteiger partial charge in [-0.3, -0.25) is 19.8 Å². The van der Waals surface area contributed by atoms with E-state index in [1.807, 2.05) is 11.9 Å². The van der Waals surface area contributed by atoms with Crippen LogP contribution in [0.3, 0.4) is 0 Å². The summed E-state index contributed by atoms with van der Waals surface area (Å²) < 4.78 is 26.7. The van der Waals surface area contributed by atoms with Gasteiger partial charge in [-0.15, -0.1) is 0 Å². The summed E-state index contributed by atoms with van der Waals surface area (Å²) in [5.74, 6) is -0.181. The molecule has 0 bridgehead atoms. The molecule has 1 fully saturated rings. The molecule has 0 atom stereocenters. The summed E-state index contributed by atoms with van der Waals surface area (Å²) in [5, 5.41) is 13.6. The molecule has 0 radical (unpaired) electrons.